The van der Waals surface area contributed by atoms with Crippen LogP contribution in [0.3, 0.4) is 0 Å². The lowest BCUT2D eigenvalue weighted by Gasteiger charge is -2.16. The van der Waals surface area contributed by atoms with Gasteiger partial charge in [0.2, 0.25) is 0 Å². The molecule has 0 aromatic heterocycles. The van der Waals surface area contributed by atoms with Gasteiger partial charge in [-0.1, -0.05) is 80.6 Å². The van der Waals surface area contributed by atoms with Gasteiger partial charge in [-0.2, -0.15) is 0 Å². The van der Waals surface area contributed by atoms with Crippen molar-refractivity contribution >= 4 is 15.9 Å². The van der Waals surface area contributed by atoms with E-state index in [1.54, 1.807) is 0 Å². The van der Waals surface area contributed by atoms with Crippen LogP contribution in [0.25, 0.3) is 0 Å². The van der Waals surface area contributed by atoms with Crippen molar-refractivity contribution in [3.8, 4) is 0 Å². The lowest BCUT2D eigenvalue weighted by atomic mass is 9.98. The Morgan fingerprint density at radius 2 is 1.50 bits per heavy atom. The molecule has 0 aliphatic heterocycles. The highest BCUT2D eigenvalue weighted by atomic mass is 79.9. The minimum Gasteiger partial charge on any atom is -0.0888 e. The lowest BCUT2D eigenvalue weighted by molar-refractivity contribution is 0.480. The Morgan fingerprint density at radius 3 is 2.12 bits per heavy atom. The Kier molecular flexibility index (Phi) is 8.64. The Hall–Kier alpha value is 0.480. The van der Waals surface area contributed by atoms with Gasteiger partial charge in [-0.05, 0) is 25.2 Å². The van der Waals surface area contributed by atoms with Gasteiger partial charge in [-0.15, -0.1) is 0 Å². The monoisotopic (exact) mass is 288 g/mol. The molecule has 0 aromatic rings. The topological polar surface area (TPSA) is 0 Å². The molecule has 0 heterocycles. The quantitative estimate of drug-likeness (QED) is 0.356. The molecule has 1 rings (SSSR count). The Morgan fingerprint density at radius 1 is 0.938 bits per heavy atom. The molecule has 16 heavy (non-hydrogen) atoms. The highest BCUT2D eigenvalue weighted by Crippen LogP contribution is 2.33. The van der Waals surface area contributed by atoms with E-state index in [4.69, 9.17) is 0 Å². The molecule has 1 fully saturated rings. The van der Waals surface area contributed by atoms with Crippen LogP contribution in [0.2, 0.25) is 0 Å². The number of alkyl halides is 1. The summed E-state index contributed by atoms with van der Waals surface area (Å²) in [7, 11) is 0. The van der Waals surface area contributed by atoms with Gasteiger partial charge in [0.15, 0.2) is 0 Å². The van der Waals surface area contributed by atoms with Crippen LogP contribution in [0.5, 0.6) is 0 Å². The van der Waals surface area contributed by atoms with Crippen LogP contribution in [0.4, 0.5) is 0 Å². The third-order valence-corrected chi connectivity index (χ3v) is 5.20. The molecule has 1 saturated carbocycles. The van der Waals surface area contributed by atoms with E-state index in [9.17, 15) is 0 Å². The van der Waals surface area contributed by atoms with E-state index in [1.807, 2.05) is 0 Å². The van der Waals surface area contributed by atoms with Gasteiger partial charge in [0.25, 0.3) is 0 Å². The first-order chi connectivity index (χ1) is 7.84. The summed E-state index contributed by atoms with van der Waals surface area (Å²) >= 11 is 3.90. The van der Waals surface area contributed by atoms with Crippen molar-refractivity contribution in [3.63, 3.8) is 0 Å². The molecule has 0 spiro atoms. The molecule has 0 bridgehead atoms. The van der Waals surface area contributed by atoms with E-state index in [0.717, 1.165) is 10.7 Å². The number of unbranched alkanes of at least 4 members (excludes halogenated alkanes) is 6. The molecule has 0 saturated heterocycles. The molecule has 0 amide bonds. The standard InChI is InChI=1S/C15H29Br/c1-2-3-4-5-6-7-8-13-15(16)14-11-9-10-12-14/h14-15H,2-13H2,1H3. The Balaban J connectivity index is 1.86. The fourth-order valence-corrected chi connectivity index (χ4v) is 3.70. The molecular weight excluding hydrogens is 260 g/mol. The second kappa shape index (κ2) is 9.50. The summed E-state index contributed by atoms with van der Waals surface area (Å²) in [5.74, 6) is 1.00. The average molecular weight is 289 g/mol. The number of halogens is 1. The van der Waals surface area contributed by atoms with E-state index < -0.39 is 0 Å². The third kappa shape index (κ3) is 6.27. The molecule has 1 unspecified atom stereocenters. The van der Waals surface area contributed by atoms with Gasteiger partial charge >= 0.3 is 0 Å². The van der Waals surface area contributed by atoms with Crippen LogP contribution in [-0.2, 0) is 0 Å². The number of rotatable bonds is 9. The summed E-state index contributed by atoms with van der Waals surface area (Å²) in [6, 6.07) is 0. The van der Waals surface area contributed by atoms with Crippen LogP contribution < -0.4 is 0 Å². The lowest BCUT2D eigenvalue weighted by Crippen LogP contribution is -2.10. The van der Waals surface area contributed by atoms with Crippen LogP contribution in [0.15, 0.2) is 0 Å². The summed E-state index contributed by atoms with van der Waals surface area (Å²) < 4.78 is 0. The van der Waals surface area contributed by atoms with E-state index in [-0.39, 0.29) is 0 Å². The van der Waals surface area contributed by atoms with Crippen molar-refractivity contribution in [1.29, 1.82) is 0 Å². The van der Waals surface area contributed by atoms with E-state index in [1.165, 1.54) is 77.0 Å². The summed E-state index contributed by atoms with van der Waals surface area (Å²) in [5.41, 5.74) is 0. The van der Waals surface area contributed by atoms with Crippen molar-refractivity contribution in [2.45, 2.75) is 88.8 Å². The fraction of sp³-hybridized carbons (Fsp3) is 1.00. The maximum atomic E-state index is 3.90. The number of hydrogen-bond donors (Lipinski definition) is 0. The largest absolute Gasteiger partial charge is 0.0888 e. The maximum Gasteiger partial charge on any atom is 0.0174 e. The first-order valence-electron chi connectivity index (χ1n) is 7.48. The van der Waals surface area contributed by atoms with Gasteiger partial charge in [-0.25, -0.2) is 0 Å². The molecule has 1 heteroatoms. The van der Waals surface area contributed by atoms with E-state index in [0.29, 0.717) is 0 Å². The summed E-state index contributed by atoms with van der Waals surface area (Å²) in [6.07, 6.45) is 17.4. The average Bonchev–Trinajstić information content (AvgIpc) is 2.81. The predicted octanol–water partition coefficient (Wildman–Crippen LogP) is 6.08. The molecule has 0 N–H and O–H groups in total. The maximum absolute atomic E-state index is 3.90. The van der Waals surface area contributed by atoms with Gasteiger partial charge < -0.3 is 0 Å². The summed E-state index contributed by atoms with van der Waals surface area (Å²) in [6.45, 7) is 2.29. The van der Waals surface area contributed by atoms with Crippen molar-refractivity contribution in [3.05, 3.63) is 0 Å². The molecule has 0 nitrogen and oxygen atoms in total. The van der Waals surface area contributed by atoms with Crippen LogP contribution in [-0.4, -0.2) is 4.83 Å². The Bertz CT molecular complexity index is 150. The minimum absolute atomic E-state index is 0.825. The first kappa shape index (κ1) is 14.5. The van der Waals surface area contributed by atoms with Gasteiger partial charge in [0, 0.05) is 4.83 Å². The molecule has 1 atom stereocenters. The first-order valence-corrected chi connectivity index (χ1v) is 8.40. The second-order valence-electron chi connectivity index (χ2n) is 5.47. The van der Waals surface area contributed by atoms with Crippen LogP contribution in [0, 0.1) is 5.92 Å². The molecule has 0 radical (unpaired) electrons. The van der Waals surface area contributed by atoms with E-state index in [2.05, 4.69) is 22.9 Å². The molecule has 96 valence electrons. The highest BCUT2D eigenvalue weighted by molar-refractivity contribution is 9.09. The zero-order chi connectivity index (χ0) is 11.6. The van der Waals surface area contributed by atoms with Crippen molar-refractivity contribution in [2.75, 3.05) is 0 Å². The molecule has 1 aliphatic rings. The van der Waals surface area contributed by atoms with Crippen molar-refractivity contribution in [2.24, 2.45) is 5.92 Å². The summed E-state index contributed by atoms with van der Waals surface area (Å²) in [4.78, 5) is 0.825. The molecule has 0 aromatic carbocycles. The Labute approximate surface area is 111 Å². The minimum atomic E-state index is 0.825. The SMILES string of the molecule is CCCCCCCCCC(Br)C1CCCC1. The smallest absolute Gasteiger partial charge is 0.0174 e. The fourth-order valence-electron chi connectivity index (χ4n) is 2.85. The normalized spacial score (nSPS) is 19.1. The van der Waals surface area contributed by atoms with Crippen molar-refractivity contribution in [1.82, 2.24) is 0 Å². The zero-order valence-electron chi connectivity index (χ0n) is 11.0. The highest BCUT2D eigenvalue weighted by Gasteiger charge is 2.21. The number of hydrogen-bond acceptors (Lipinski definition) is 0. The van der Waals surface area contributed by atoms with Crippen LogP contribution >= 0.6 is 15.9 Å². The van der Waals surface area contributed by atoms with E-state index >= 15 is 0 Å². The molecular formula is C15H29Br. The van der Waals surface area contributed by atoms with Gasteiger partial charge in [0.1, 0.15) is 0 Å². The van der Waals surface area contributed by atoms with Gasteiger partial charge in [-0.3, -0.25) is 0 Å². The zero-order valence-corrected chi connectivity index (χ0v) is 12.6. The van der Waals surface area contributed by atoms with Gasteiger partial charge in [0.05, 0.1) is 0 Å². The summed E-state index contributed by atoms with van der Waals surface area (Å²) in [5, 5.41) is 0. The second-order valence-corrected chi connectivity index (χ2v) is 6.65. The third-order valence-electron chi connectivity index (χ3n) is 3.99. The molecule has 1 aliphatic carbocycles. The predicted molar refractivity (Wildman–Crippen MR) is 77.3 cm³/mol. The van der Waals surface area contributed by atoms with Crippen molar-refractivity contribution < 1.29 is 0 Å². The van der Waals surface area contributed by atoms with Crippen LogP contribution in [0.1, 0.15) is 84.0 Å².